The molecule has 0 atom stereocenters. The van der Waals surface area contributed by atoms with E-state index in [9.17, 15) is 4.39 Å². The third-order valence-corrected chi connectivity index (χ3v) is 4.39. The lowest BCUT2D eigenvalue weighted by Crippen LogP contribution is -1.96. The van der Waals surface area contributed by atoms with E-state index in [1.54, 1.807) is 0 Å². The first kappa shape index (κ1) is 19.1. The molecule has 1 heterocycles. The van der Waals surface area contributed by atoms with Crippen LogP contribution in [0.2, 0.25) is 0 Å². The Balaban J connectivity index is 1.72. The Morgan fingerprint density at radius 3 is 2.46 bits per heavy atom. The molecule has 1 aromatic heterocycles. The maximum Gasteiger partial charge on any atom is 0.171 e. The van der Waals surface area contributed by atoms with Crippen molar-refractivity contribution in [3.63, 3.8) is 0 Å². The molecule has 0 saturated carbocycles. The summed E-state index contributed by atoms with van der Waals surface area (Å²) in [7, 11) is 0. The molecule has 0 bridgehead atoms. The van der Waals surface area contributed by atoms with E-state index in [1.165, 1.54) is 18.2 Å². The molecule has 28 heavy (non-hydrogen) atoms. The minimum absolute atomic E-state index is 0.207. The monoisotopic (exact) mass is 374 g/mol. The number of hydrogen-bond acceptors (Lipinski definition) is 4. The van der Waals surface area contributed by atoms with Gasteiger partial charge in [-0.25, -0.2) is 4.39 Å². The highest BCUT2D eigenvalue weighted by Gasteiger charge is 2.15. The van der Waals surface area contributed by atoms with Crippen LogP contribution in [0, 0.1) is 28.5 Å². The Labute approximate surface area is 163 Å². The lowest BCUT2D eigenvalue weighted by molar-refractivity contribution is 0.464. The molecule has 0 radical (unpaired) electrons. The lowest BCUT2D eigenvalue weighted by Gasteiger charge is -2.09. The summed E-state index contributed by atoms with van der Waals surface area (Å²) in [6, 6.07) is 15.5. The zero-order valence-corrected chi connectivity index (χ0v) is 15.5. The van der Waals surface area contributed by atoms with Gasteiger partial charge in [0.25, 0.3) is 0 Å². The molecule has 3 rings (SSSR count). The Morgan fingerprint density at radius 1 is 1.04 bits per heavy atom. The van der Waals surface area contributed by atoms with Crippen LogP contribution in [0.3, 0.4) is 0 Å². The molecule has 6 heteroatoms. The second-order valence-electron chi connectivity index (χ2n) is 6.38. The molecule has 1 N–H and O–H groups in total. The second kappa shape index (κ2) is 8.83. The fourth-order valence-electron chi connectivity index (χ4n) is 2.96. The normalized spacial score (nSPS) is 10.3. The predicted molar refractivity (Wildman–Crippen MR) is 102 cm³/mol. The van der Waals surface area contributed by atoms with Crippen LogP contribution in [-0.2, 0) is 19.3 Å². The highest BCUT2D eigenvalue weighted by atomic mass is 19.1. The summed E-state index contributed by atoms with van der Waals surface area (Å²) in [4.78, 5) is 0. The number of rotatable bonds is 7. The molecule has 3 aromatic rings. The number of hydrogen-bond donors (Lipinski definition) is 1. The molecular formula is C22H19FN4O. The van der Waals surface area contributed by atoms with Gasteiger partial charge in [0.1, 0.15) is 17.3 Å². The zero-order chi connectivity index (χ0) is 19.9. The van der Waals surface area contributed by atoms with Crippen LogP contribution in [-0.4, -0.2) is 10.2 Å². The van der Waals surface area contributed by atoms with Crippen molar-refractivity contribution < 1.29 is 9.13 Å². The molecule has 140 valence electrons. The summed E-state index contributed by atoms with van der Waals surface area (Å²) in [5.41, 5.74) is 3.61. The van der Waals surface area contributed by atoms with Gasteiger partial charge in [-0.3, -0.25) is 5.10 Å². The number of nitrogens with one attached hydrogen (secondary N) is 1. The van der Waals surface area contributed by atoms with Crippen molar-refractivity contribution in [3.05, 3.63) is 76.4 Å². The number of nitriles is 2. The Kier molecular flexibility index (Phi) is 6.04. The van der Waals surface area contributed by atoms with Gasteiger partial charge in [-0.1, -0.05) is 19.1 Å². The fraction of sp³-hybridized carbons (Fsp3) is 0.227. The van der Waals surface area contributed by atoms with Gasteiger partial charge < -0.3 is 4.74 Å². The number of ether oxygens (including phenoxy) is 1. The summed E-state index contributed by atoms with van der Waals surface area (Å²) in [5, 5.41) is 25.2. The van der Waals surface area contributed by atoms with E-state index < -0.39 is 5.82 Å². The van der Waals surface area contributed by atoms with E-state index in [4.69, 9.17) is 15.3 Å². The van der Waals surface area contributed by atoms with Gasteiger partial charge >= 0.3 is 0 Å². The second-order valence-corrected chi connectivity index (χ2v) is 6.38. The topological polar surface area (TPSA) is 85.5 Å². The molecule has 0 unspecified atom stereocenters. The standard InChI is InChI=1S/C22H19FN4O/c1-2-20-22(28-19-11-17(14-25)10-18(23)12-19)21(27-26-20)5-3-4-15-6-8-16(13-24)9-7-15/h6-12H,2-5H2,1H3,(H,26,27). The van der Waals surface area contributed by atoms with E-state index in [-0.39, 0.29) is 11.3 Å². The van der Waals surface area contributed by atoms with Crippen molar-refractivity contribution in [2.24, 2.45) is 0 Å². The Hall–Kier alpha value is -3.64. The van der Waals surface area contributed by atoms with Gasteiger partial charge in [-0.05, 0) is 55.5 Å². The predicted octanol–water partition coefficient (Wildman–Crippen LogP) is 4.82. The van der Waals surface area contributed by atoms with Crippen molar-refractivity contribution in [3.8, 4) is 23.6 Å². The van der Waals surface area contributed by atoms with Crippen molar-refractivity contribution in [1.82, 2.24) is 10.2 Å². The number of aromatic nitrogens is 2. The van der Waals surface area contributed by atoms with E-state index in [1.807, 2.05) is 37.3 Å². The van der Waals surface area contributed by atoms with E-state index in [2.05, 4.69) is 16.3 Å². The van der Waals surface area contributed by atoms with Crippen molar-refractivity contribution in [2.45, 2.75) is 32.6 Å². The first-order valence-corrected chi connectivity index (χ1v) is 9.06. The third-order valence-electron chi connectivity index (χ3n) is 4.39. The molecule has 0 amide bonds. The van der Waals surface area contributed by atoms with Gasteiger partial charge in [-0.15, -0.1) is 0 Å². The van der Waals surface area contributed by atoms with Gasteiger partial charge in [0.05, 0.1) is 29.0 Å². The molecule has 2 aromatic carbocycles. The van der Waals surface area contributed by atoms with E-state index in [0.717, 1.165) is 29.8 Å². The van der Waals surface area contributed by atoms with Crippen molar-refractivity contribution in [1.29, 1.82) is 10.5 Å². The summed E-state index contributed by atoms with van der Waals surface area (Å²) in [5.74, 6) is 0.357. The Morgan fingerprint density at radius 2 is 1.79 bits per heavy atom. The van der Waals surface area contributed by atoms with Crippen LogP contribution < -0.4 is 4.74 Å². The number of halogens is 1. The van der Waals surface area contributed by atoms with Gasteiger partial charge in [0, 0.05) is 6.07 Å². The van der Waals surface area contributed by atoms with Crippen LogP contribution in [0.1, 0.15) is 41.4 Å². The van der Waals surface area contributed by atoms with Crippen LogP contribution in [0.25, 0.3) is 0 Å². The summed E-state index contributed by atoms with van der Waals surface area (Å²) >= 11 is 0. The number of H-pyrrole nitrogens is 1. The van der Waals surface area contributed by atoms with Crippen LogP contribution in [0.15, 0.2) is 42.5 Å². The summed E-state index contributed by atoms with van der Waals surface area (Å²) < 4.78 is 19.6. The largest absolute Gasteiger partial charge is 0.453 e. The molecule has 0 aliphatic rings. The lowest BCUT2D eigenvalue weighted by atomic mass is 10.0. The van der Waals surface area contributed by atoms with Gasteiger partial charge in [0.2, 0.25) is 0 Å². The highest BCUT2D eigenvalue weighted by molar-refractivity contribution is 5.42. The molecule has 0 aliphatic heterocycles. The fourth-order valence-corrected chi connectivity index (χ4v) is 2.96. The molecule has 0 fully saturated rings. The minimum Gasteiger partial charge on any atom is -0.453 e. The van der Waals surface area contributed by atoms with Crippen molar-refractivity contribution in [2.75, 3.05) is 0 Å². The molecule has 0 aliphatic carbocycles. The number of benzene rings is 2. The first-order valence-electron chi connectivity index (χ1n) is 9.06. The SMILES string of the molecule is CCc1n[nH]c(CCCc2ccc(C#N)cc2)c1Oc1cc(F)cc(C#N)c1. The summed E-state index contributed by atoms with van der Waals surface area (Å²) in [6.45, 7) is 1.97. The molecule has 0 spiro atoms. The van der Waals surface area contributed by atoms with Gasteiger partial charge in [0.15, 0.2) is 5.75 Å². The van der Waals surface area contributed by atoms with Crippen LogP contribution >= 0.6 is 0 Å². The molecular weight excluding hydrogens is 355 g/mol. The number of aromatic amines is 1. The quantitative estimate of drug-likeness (QED) is 0.642. The number of aryl methyl sites for hydroxylation is 3. The third kappa shape index (κ3) is 4.55. The highest BCUT2D eigenvalue weighted by Crippen LogP contribution is 2.30. The Bertz CT molecular complexity index is 1040. The van der Waals surface area contributed by atoms with E-state index in [0.29, 0.717) is 24.2 Å². The average Bonchev–Trinajstić information content (AvgIpc) is 3.09. The number of nitrogens with zero attached hydrogens (tertiary/aromatic N) is 3. The molecule has 0 saturated heterocycles. The van der Waals surface area contributed by atoms with Crippen molar-refractivity contribution >= 4 is 0 Å². The van der Waals surface area contributed by atoms with Crippen LogP contribution in [0.5, 0.6) is 11.5 Å². The summed E-state index contributed by atoms with van der Waals surface area (Å²) in [6.07, 6.45) is 3.09. The average molecular weight is 374 g/mol. The zero-order valence-electron chi connectivity index (χ0n) is 15.5. The smallest absolute Gasteiger partial charge is 0.171 e. The minimum atomic E-state index is -0.516. The molecule has 5 nitrogen and oxygen atoms in total. The maximum atomic E-state index is 13.7. The van der Waals surface area contributed by atoms with Crippen LogP contribution in [0.4, 0.5) is 4.39 Å². The van der Waals surface area contributed by atoms with E-state index >= 15 is 0 Å². The first-order chi connectivity index (χ1) is 13.6. The maximum absolute atomic E-state index is 13.7. The van der Waals surface area contributed by atoms with Gasteiger partial charge in [-0.2, -0.15) is 15.6 Å².